The average Bonchev–Trinajstić information content (AvgIpc) is 3.06. The molecule has 0 radical (unpaired) electrons. The van der Waals surface area contributed by atoms with Crippen molar-refractivity contribution < 1.29 is 23.9 Å². The van der Waals surface area contributed by atoms with E-state index in [1.165, 1.54) is 30.9 Å². The van der Waals surface area contributed by atoms with Gasteiger partial charge in [0.1, 0.15) is 27.4 Å². The minimum Gasteiger partial charge on any atom is -0.495 e. The molecule has 0 saturated carbocycles. The molecule has 244 valence electrons. The number of urea groups is 1. The van der Waals surface area contributed by atoms with Crippen molar-refractivity contribution in [2.75, 3.05) is 34.7 Å². The van der Waals surface area contributed by atoms with E-state index in [9.17, 15) is 14.4 Å². The fraction of sp³-hybridized carbons (Fsp3) is 0.242. The lowest BCUT2D eigenvalue weighted by atomic mass is 10.1. The Labute approximate surface area is 282 Å². The van der Waals surface area contributed by atoms with Gasteiger partial charge in [-0.05, 0) is 35.4 Å². The second-order valence-corrected chi connectivity index (χ2v) is 11.3. The molecule has 0 aliphatic carbocycles. The number of methoxy groups -OCH3 is 2. The number of ether oxygens (including phenoxy) is 2. The van der Waals surface area contributed by atoms with Gasteiger partial charge < -0.3 is 25.4 Å². The Hall–Kier alpha value is -5.07. The Bertz CT molecular complexity index is 1810. The van der Waals surface area contributed by atoms with Gasteiger partial charge >= 0.3 is 6.03 Å². The average molecular weight is 679 g/mol. The number of carbonyl (C=O) groups is 3. The lowest BCUT2D eigenvalue weighted by molar-refractivity contribution is -0.119. The molecule has 0 atom stereocenters. The molecule has 2 heterocycles. The predicted molar refractivity (Wildman–Crippen MR) is 182 cm³/mol. The maximum atomic E-state index is 14.4. The topological polar surface area (TPSA) is 138 Å². The Morgan fingerprint density at radius 2 is 1.62 bits per heavy atom. The van der Waals surface area contributed by atoms with Gasteiger partial charge in [-0.3, -0.25) is 19.4 Å². The number of amides is 4. The van der Waals surface area contributed by atoms with E-state index in [1.54, 1.807) is 37.4 Å². The number of nitrogens with one attached hydrogen (secondary N) is 3. The minimum absolute atomic E-state index is 0.0551. The van der Waals surface area contributed by atoms with Gasteiger partial charge in [0.15, 0.2) is 0 Å². The molecule has 1 aliphatic heterocycles. The molecule has 0 fully saturated rings. The molecule has 14 heteroatoms. The Balaban J connectivity index is 1.55. The summed E-state index contributed by atoms with van der Waals surface area (Å²) in [5.74, 6) is 0.938. The van der Waals surface area contributed by atoms with Crippen LogP contribution in [0, 0.1) is 0 Å². The van der Waals surface area contributed by atoms with Crippen LogP contribution in [0.3, 0.4) is 0 Å². The first-order valence-electron chi connectivity index (χ1n) is 14.7. The first kappa shape index (κ1) is 33.3. The summed E-state index contributed by atoms with van der Waals surface area (Å²) in [6.07, 6.45) is 1.96. The zero-order valence-corrected chi connectivity index (χ0v) is 27.7. The molecule has 3 N–H and O–H groups in total. The van der Waals surface area contributed by atoms with E-state index in [2.05, 4.69) is 20.9 Å². The molecule has 12 nitrogen and oxygen atoms in total. The molecular weight excluding hydrogens is 645 g/mol. The summed E-state index contributed by atoms with van der Waals surface area (Å²) in [5.41, 5.74) is 3.76. The molecule has 1 aromatic heterocycles. The van der Waals surface area contributed by atoms with E-state index in [4.69, 9.17) is 37.7 Å². The SMILES string of the molecule is CCC(=O)Nc1cccc(CN2C(=O)N(c3c(Cl)c(OC)cc(OC)c3Cl)Cc3cnc(Nc4cccc(CNC(C)=O)c4)nc32)c1. The van der Waals surface area contributed by atoms with Crippen LogP contribution in [0.25, 0.3) is 0 Å². The van der Waals surface area contributed by atoms with Gasteiger partial charge in [-0.2, -0.15) is 4.98 Å². The lowest BCUT2D eigenvalue weighted by Crippen LogP contribution is -2.48. The largest absolute Gasteiger partial charge is 0.495 e. The summed E-state index contributed by atoms with van der Waals surface area (Å²) >= 11 is 13.5. The fourth-order valence-corrected chi connectivity index (χ4v) is 5.70. The van der Waals surface area contributed by atoms with Crippen molar-refractivity contribution in [3.8, 4) is 11.5 Å². The van der Waals surface area contributed by atoms with Crippen LogP contribution < -0.4 is 35.2 Å². The van der Waals surface area contributed by atoms with Crippen LogP contribution in [0.2, 0.25) is 10.0 Å². The maximum Gasteiger partial charge on any atom is 0.330 e. The number of fused-ring (bicyclic) bond motifs is 1. The van der Waals surface area contributed by atoms with Crippen molar-refractivity contribution in [2.24, 2.45) is 0 Å². The van der Waals surface area contributed by atoms with E-state index in [1.807, 2.05) is 30.3 Å². The van der Waals surface area contributed by atoms with Gasteiger partial charge in [-0.15, -0.1) is 0 Å². The zero-order valence-electron chi connectivity index (χ0n) is 26.2. The number of hydrogen-bond donors (Lipinski definition) is 3. The molecule has 5 rings (SSSR count). The molecule has 0 bridgehead atoms. The molecule has 3 aromatic carbocycles. The molecule has 0 saturated heterocycles. The number of aromatic nitrogens is 2. The van der Waals surface area contributed by atoms with E-state index < -0.39 is 6.03 Å². The van der Waals surface area contributed by atoms with E-state index in [0.717, 1.165) is 11.1 Å². The van der Waals surface area contributed by atoms with Crippen LogP contribution in [0.4, 0.5) is 33.6 Å². The summed E-state index contributed by atoms with van der Waals surface area (Å²) in [7, 11) is 2.92. The van der Waals surface area contributed by atoms with Gasteiger partial charge in [0.05, 0.1) is 33.0 Å². The molecule has 47 heavy (non-hydrogen) atoms. The Morgan fingerprint density at radius 3 is 2.28 bits per heavy atom. The normalized spacial score (nSPS) is 12.3. The summed E-state index contributed by atoms with van der Waals surface area (Å²) in [5, 5.41) is 9.11. The number of halogens is 2. The van der Waals surface area contributed by atoms with Crippen LogP contribution >= 0.6 is 23.2 Å². The van der Waals surface area contributed by atoms with Crippen molar-refractivity contribution in [1.82, 2.24) is 15.3 Å². The van der Waals surface area contributed by atoms with Gasteiger partial charge in [-0.25, -0.2) is 9.78 Å². The maximum absolute atomic E-state index is 14.4. The summed E-state index contributed by atoms with van der Waals surface area (Å²) < 4.78 is 10.9. The van der Waals surface area contributed by atoms with Crippen LogP contribution in [-0.2, 0) is 29.2 Å². The van der Waals surface area contributed by atoms with Crippen molar-refractivity contribution in [2.45, 2.75) is 39.9 Å². The van der Waals surface area contributed by atoms with Crippen molar-refractivity contribution >= 4 is 69.9 Å². The van der Waals surface area contributed by atoms with Crippen molar-refractivity contribution in [3.63, 3.8) is 0 Å². The quantitative estimate of drug-likeness (QED) is 0.160. The third-order valence-corrected chi connectivity index (χ3v) is 8.04. The molecule has 4 amide bonds. The fourth-order valence-electron chi connectivity index (χ4n) is 5.00. The number of hydrogen-bond acceptors (Lipinski definition) is 8. The number of carbonyl (C=O) groups excluding carboxylic acids is 3. The van der Waals surface area contributed by atoms with Gasteiger partial charge in [-0.1, -0.05) is 54.4 Å². The predicted octanol–water partition coefficient (Wildman–Crippen LogP) is 6.68. The second-order valence-electron chi connectivity index (χ2n) is 10.6. The van der Waals surface area contributed by atoms with Crippen molar-refractivity contribution in [3.05, 3.63) is 87.5 Å². The lowest BCUT2D eigenvalue weighted by Gasteiger charge is -2.37. The van der Waals surface area contributed by atoms with E-state index in [-0.39, 0.29) is 58.1 Å². The highest BCUT2D eigenvalue weighted by Crippen LogP contribution is 2.48. The van der Waals surface area contributed by atoms with Crippen LogP contribution in [-0.4, -0.2) is 42.0 Å². The van der Waals surface area contributed by atoms with Crippen LogP contribution in [0.5, 0.6) is 11.5 Å². The van der Waals surface area contributed by atoms with Gasteiger partial charge in [0.25, 0.3) is 0 Å². The van der Waals surface area contributed by atoms with E-state index >= 15 is 0 Å². The second kappa shape index (κ2) is 14.6. The smallest absolute Gasteiger partial charge is 0.330 e. The highest BCUT2D eigenvalue weighted by molar-refractivity contribution is 6.42. The number of benzene rings is 3. The number of rotatable bonds is 11. The first-order chi connectivity index (χ1) is 22.6. The number of anilines is 5. The molecule has 0 spiro atoms. The third kappa shape index (κ3) is 7.50. The van der Waals surface area contributed by atoms with Crippen molar-refractivity contribution in [1.29, 1.82) is 0 Å². The summed E-state index contributed by atoms with van der Waals surface area (Å²) in [6.45, 7) is 3.75. The van der Waals surface area contributed by atoms with Gasteiger partial charge in [0, 0.05) is 49.1 Å². The molecule has 1 aliphatic rings. The molecule has 4 aromatic rings. The zero-order chi connectivity index (χ0) is 33.7. The van der Waals surface area contributed by atoms with Crippen LogP contribution in [0.15, 0.2) is 60.8 Å². The standard InChI is InChI=1S/C33H33Cl2N7O5/c1-5-27(44)38-23-10-7-9-21(13-23)17-42-31-22(16-37-32(40-31)39-24-11-6-8-20(12-24)15-36-19(2)43)18-41(33(42)45)30-28(34)25(46-3)14-26(47-4)29(30)35/h6-14,16H,5,15,17-18H2,1-4H3,(H,36,43)(H,38,44)(H,37,39,40). The first-order valence-corrected chi connectivity index (χ1v) is 15.4. The Kier molecular flexibility index (Phi) is 10.3. The molecule has 0 unspecified atom stereocenters. The summed E-state index contributed by atoms with van der Waals surface area (Å²) in [6, 6.07) is 15.8. The highest BCUT2D eigenvalue weighted by Gasteiger charge is 2.37. The highest BCUT2D eigenvalue weighted by atomic mass is 35.5. The van der Waals surface area contributed by atoms with Crippen LogP contribution in [0.1, 0.15) is 37.0 Å². The molecular formula is C33H33Cl2N7O5. The Morgan fingerprint density at radius 1 is 0.957 bits per heavy atom. The number of nitrogens with zero attached hydrogens (tertiary/aromatic N) is 4. The minimum atomic E-state index is -0.457. The third-order valence-electron chi connectivity index (χ3n) is 7.31. The summed E-state index contributed by atoms with van der Waals surface area (Å²) in [4.78, 5) is 50.1. The van der Waals surface area contributed by atoms with E-state index in [0.29, 0.717) is 35.7 Å². The monoisotopic (exact) mass is 677 g/mol. The van der Waals surface area contributed by atoms with Gasteiger partial charge in [0.2, 0.25) is 17.8 Å².